The lowest BCUT2D eigenvalue weighted by molar-refractivity contribution is 0.0533. The summed E-state index contributed by atoms with van der Waals surface area (Å²) in [6.07, 6.45) is 1.75. The Labute approximate surface area is 174 Å². The third-order valence-corrected chi connectivity index (χ3v) is 5.83. The number of para-hydroxylation sites is 1. The Bertz CT molecular complexity index is 1360. The largest absolute Gasteiger partial charge is 0.378 e. The van der Waals surface area contributed by atoms with Crippen molar-refractivity contribution in [1.29, 1.82) is 0 Å². The van der Waals surface area contributed by atoms with Gasteiger partial charge in [0.15, 0.2) is 0 Å². The molecular formula is C26H21FN2O. The van der Waals surface area contributed by atoms with Crippen molar-refractivity contribution in [2.45, 2.75) is 12.5 Å². The normalized spacial score (nSPS) is 13.6. The predicted molar refractivity (Wildman–Crippen MR) is 119 cm³/mol. The fourth-order valence-corrected chi connectivity index (χ4v) is 4.18. The molecule has 0 bridgehead atoms. The van der Waals surface area contributed by atoms with Crippen LogP contribution in [0.15, 0.2) is 91.1 Å². The lowest BCUT2D eigenvalue weighted by Crippen LogP contribution is -2.30. The second-order valence-electron chi connectivity index (χ2n) is 7.64. The molecule has 0 saturated carbocycles. The maximum absolute atomic E-state index is 14.4. The van der Waals surface area contributed by atoms with Gasteiger partial charge >= 0.3 is 0 Å². The Hall–Kier alpha value is -3.50. The molecule has 0 amide bonds. The van der Waals surface area contributed by atoms with E-state index in [-0.39, 0.29) is 0 Å². The first-order chi connectivity index (χ1) is 14.6. The molecule has 3 nitrogen and oxygen atoms in total. The van der Waals surface area contributed by atoms with Crippen LogP contribution in [0.25, 0.3) is 27.4 Å². The molecule has 0 aliphatic rings. The van der Waals surface area contributed by atoms with Gasteiger partial charge in [-0.25, -0.2) is 9.07 Å². The second-order valence-corrected chi connectivity index (χ2v) is 7.64. The molecular weight excluding hydrogens is 375 g/mol. The number of fused-ring (bicyclic) bond motifs is 2. The molecule has 5 rings (SSSR count). The zero-order valence-corrected chi connectivity index (χ0v) is 16.6. The highest BCUT2D eigenvalue weighted by atomic mass is 19.1. The highest BCUT2D eigenvalue weighted by Gasteiger charge is 2.34. The minimum atomic E-state index is -1.74. The van der Waals surface area contributed by atoms with Gasteiger partial charge in [0.25, 0.3) is 0 Å². The number of hydrogen-bond acceptors (Lipinski definition) is 2. The number of benzene rings is 4. The smallest absolute Gasteiger partial charge is 0.143 e. The number of aromatic nitrogens is 2. The molecule has 0 fully saturated rings. The number of hydrogen-bond donors (Lipinski definition) is 1. The third kappa shape index (κ3) is 2.80. The van der Waals surface area contributed by atoms with E-state index in [1.807, 2.05) is 90.5 Å². The van der Waals surface area contributed by atoms with E-state index in [0.29, 0.717) is 11.1 Å². The molecule has 148 valence electrons. The molecule has 30 heavy (non-hydrogen) atoms. The Morgan fingerprint density at radius 1 is 0.900 bits per heavy atom. The Morgan fingerprint density at radius 2 is 1.63 bits per heavy atom. The molecule has 1 unspecified atom stereocenters. The molecule has 0 radical (unpaired) electrons. The minimum Gasteiger partial charge on any atom is -0.378 e. The van der Waals surface area contributed by atoms with Gasteiger partial charge in [-0.05, 0) is 58.7 Å². The summed E-state index contributed by atoms with van der Waals surface area (Å²) in [5.74, 6) is 0. The van der Waals surface area contributed by atoms with Gasteiger partial charge in [0.05, 0.1) is 17.4 Å². The molecule has 5 aromatic rings. The third-order valence-electron chi connectivity index (χ3n) is 5.83. The SMILES string of the molecule is Cc1ccc(C(O)(CF)c2ccc3c(cnn3-c3ccccc3)c2)c2ccccc12. The quantitative estimate of drug-likeness (QED) is 0.424. The van der Waals surface area contributed by atoms with Crippen molar-refractivity contribution >= 4 is 21.7 Å². The van der Waals surface area contributed by atoms with Gasteiger partial charge in [-0.3, -0.25) is 0 Å². The summed E-state index contributed by atoms with van der Waals surface area (Å²) >= 11 is 0. The molecule has 4 heteroatoms. The number of nitrogens with zero attached hydrogens (tertiary/aromatic N) is 2. The van der Waals surface area contributed by atoms with Crippen molar-refractivity contribution in [2.24, 2.45) is 0 Å². The fraction of sp³-hybridized carbons (Fsp3) is 0.115. The number of rotatable bonds is 4. The van der Waals surface area contributed by atoms with E-state index in [2.05, 4.69) is 5.10 Å². The van der Waals surface area contributed by atoms with Gasteiger partial charge in [-0.15, -0.1) is 0 Å². The lowest BCUT2D eigenvalue weighted by Gasteiger charge is -2.28. The molecule has 1 heterocycles. The van der Waals surface area contributed by atoms with E-state index in [1.165, 1.54) is 0 Å². The van der Waals surface area contributed by atoms with Crippen LogP contribution in [0.2, 0.25) is 0 Å². The van der Waals surface area contributed by atoms with Crippen molar-refractivity contribution in [1.82, 2.24) is 9.78 Å². The zero-order valence-electron chi connectivity index (χ0n) is 16.6. The maximum atomic E-state index is 14.4. The van der Waals surface area contributed by atoms with Gasteiger partial charge in [0.1, 0.15) is 12.3 Å². The Balaban J connectivity index is 1.68. The molecule has 1 N–H and O–H groups in total. The number of aryl methyl sites for hydroxylation is 1. The second kappa shape index (κ2) is 7.08. The molecule has 0 aliphatic carbocycles. The van der Waals surface area contributed by atoms with Crippen LogP contribution in [0.3, 0.4) is 0 Å². The Kier molecular flexibility index (Phi) is 4.37. The summed E-state index contributed by atoms with van der Waals surface area (Å²) in [7, 11) is 0. The van der Waals surface area contributed by atoms with Crippen LogP contribution in [-0.4, -0.2) is 21.6 Å². The van der Waals surface area contributed by atoms with Crippen LogP contribution in [0.5, 0.6) is 0 Å². The van der Waals surface area contributed by atoms with Crippen molar-refractivity contribution < 1.29 is 9.50 Å². The standard InChI is InChI=1S/C26H21FN2O/c1-18-11-13-24(23-10-6-5-9-22(18)23)26(30,17-27)20-12-14-25-19(15-20)16-28-29(25)21-7-3-2-4-8-21/h2-16,30H,17H2,1H3. The van der Waals surface area contributed by atoms with Crippen LogP contribution in [-0.2, 0) is 5.60 Å². The van der Waals surface area contributed by atoms with Crippen molar-refractivity contribution in [3.8, 4) is 5.69 Å². The average molecular weight is 396 g/mol. The zero-order chi connectivity index (χ0) is 20.7. The first kappa shape index (κ1) is 18.5. The monoisotopic (exact) mass is 396 g/mol. The first-order valence-corrected chi connectivity index (χ1v) is 9.93. The first-order valence-electron chi connectivity index (χ1n) is 9.93. The van der Waals surface area contributed by atoms with Crippen LogP contribution >= 0.6 is 0 Å². The van der Waals surface area contributed by atoms with Crippen molar-refractivity contribution in [3.63, 3.8) is 0 Å². The van der Waals surface area contributed by atoms with Gasteiger partial charge < -0.3 is 5.11 Å². The highest BCUT2D eigenvalue weighted by molar-refractivity contribution is 5.90. The molecule has 0 saturated heterocycles. The van der Waals surface area contributed by atoms with Gasteiger partial charge in [0.2, 0.25) is 0 Å². The summed E-state index contributed by atoms with van der Waals surface area (Å²) < 4.78 is 16.3. The molecule has 4 aromatic carbocycles. The molecule has 0 spiro atoms. The predicted octanol–water partition coefficient (Wildman–Crippen LogP) is 5.69. The van der Waals surface area contributed by atoms with E-state index in [1.54, 1.807) is 12.3 Å². The summed E-state index contributed by atoms with van der Waals surface area (Å²) in [5.41, 5.74) is 2.29. The molecule has 1 aromatic heterocycles. The topological polar surface area (TPSA) is 38.1 Å². The van der Waals surface area contributed by atoms with Crippen molar-refractivity contribution in [2.75, 3.05) is 6.67 Å². The number of aliphatic hydroxyl groups is 1. The fourth-order valence-electron chi connectivity index (χ4n) is 4.18. The minimum absolute atomic E-state index is 0.513. The van der Waals surface area contributed by atoms with E-state index in [0.717, 1.165) is 32.9 Å². The van der Waals surface area contributed by atoms with Crippen LogP contribution < -0.4 is 0 Å². The number of alkyl halides is 1. The summed E-state index contributed by atoms with van der Waals surface area (Å²) in [4.78, 5) is 0. The molecule has 1 atom stereocenters. The van der Waals surface area contributed by atoms with Crippen LogP contribution in [0, 0.1) is 6.92 Å². The van der Waals surface area contributed by atoms with Gasteiger partial charge in [-0.2, -0.15) is 5.10 Å². The van der Waals surface area contributed by atoms with E-state index in [9.17, 15) is 9.50 Å². The summed E-state index contributed by atoms with van der Waals surface area (Å²) in [6.45, 7) is 1.10. The summed E-state index contributed by atoms with van der Waals surface area (Å²) in [6, 6.07) is 26.9. The van der Waals surface area contributed by atoms with Crippen LogP contribution in [0.4, 0.5) is 4.39 Å². The average Bonchev–Trinajstić information content (AvgIpc) is 3.23. The van der Waals surface area contributed by atoms with Gasteiger partial charge in [-0.1, -0.05) is 60.7 Å². The maximum Gasteiger partial charge on any atom is 0.143 e. The summed E-state index contributed by atoms with van der Waals surface area (Å²) in [5, 5.41) is 18.7. The van der Waals surface area contributed by atoms with Crippen molar-refractivity contribution in [3.05, 3.63) is 108 Å². The van der Waals surface area contributed by atoms with Crippen LogP contribution in [0.1, 0.15) is 16.7 Å². The lowest BCUT2D eigenvalue weighted by atomic mass is 9.83. The highest BCUT2D eigenvalue weighted by Crippen LogP contribution is 2.37. The Morgan fingerprint density at radius 3 is 2.40 bits per heavy atom. The number of halogens is 1. The van der Waals surface area contributed by atoms with E-state index in [4.69, 9.17) is 0 Å². The van der Waals surface area contributed by atoms with E-state index >= 15 is 0 Å². The molecule has 0 aliphatic heterocycles. The van der Waals surface area contributed by atoms with Gasteiger partial charge in [0, 0.05) is 5.39 Å². The van der Waals surface area contributed by atoms with E-state index < -0.39 is 12.3 Å².